The highest BCUT2D eigenvalue weighted by Crippen LogP contribution is 2.14. The normalized spacial score (nSPS) is 11.3. The number of fused-ring (bicyclic) bond motifs is 1. The van der Waals surface area contributed by atoms with E-state index in [1.807, 2.05) is 19.9 Å². The van der Waals surface area contributed by atoms with Gasteiger partial charge in [-0.25, -0.2) is 14.3 Å². The highest BCUT2D eigenvalue weighted by Gasteiger charge is 2.16. The Morgan fingerprint density at radius 3 is 2.45 bits per heavy atom. The van der Waals surface area contributed by atoms with Gasteiger partial charge in [-0.3, -0.25) is 9.36 Å². The number of hydrogen-bond donors (Lipinski definition) is 0. The van der Waals surface area contributed by atoms with Crippen molar-refractivity contribution in [1.29, 1.82) is 0 Å². The molecule has 0 saturated carbocycles. The first-order chi connectivity index (χ1) is 10.5. The van der Waals surface area contributed by atoms with E-state index in [0.717, 1.165) is 9.04 Å². The summed E-state index contributed by atoms with van der Waals surface area (Å²) in [4.78, 5) is 29.7. The summed E-state index contributed by atoms with van der Waals surface area (Å²) in [5.74, 6) is 0.318. The van der Waals surface area contributed by atoms with Gasteiger partial charge in [-0.1, -0.05) is 12.1 Å². The van der Waals surface area contributed by atoms with Crippen LogP contribution in [0, 0.1) is 0 Å². The minimum absolute atomic E-state index is 0.0697. The Bertz CT molecular complexity index is 956. The fourth-order valence-electron chi connectivity index (χ4n) is 2.48. The molecule has 2 aromatic heterocycles. The van der Waals surface area contributed by atoms with E-state index >= 15 is 0 Å². The second kappa shape index (κ2) is 5.53. The quantitative estimate of drug-likeness (QED) is 0.706. The molecule has 0 N–H and O–H groups in total. The van der Waals surface area contributed by atoms with Crippen molar-refractivity contribution in [3.63, 3.8) is 0 Å². The van der Waals surface area contributed by atoms with E-state index in [0.29, 0.717) is 16.7 Å². The predicted molar refractivity (Wildman–Crippen MR) is 89.7 cm³/mol. The lowest BCUT2D eigenvalue weighted by molar-refractivity contribution is 0.568. The zero-order valence-electron chi connectivity index (χ0n) is 12.2. The van der Waals surface area contributed by atoms with Crippen molar-refractivity contribution in [3.05, 3.63) is 67.9 Å². The second-order valence-corrected chi connectivity index (χ2v) is 6.15. The van der Waals surface area contributed by atoms with Gasteiger partial charge in [0.1, 0.15) is 5.82 Å². The van der Waals surface area contributed by atoms with Gasteiger partial charge < -0.3 is 0 Å². The molecule has 3 aromatic rings. The van der Waals surface area contributed by atoms with Crippen molar-refractivity contribution >= 4 is 26.8 Å². The summed E-state index contributed by atoms with van der Waals surface area (Å²) < 4.78 is 3.52. The SMILES string of the molecule is CC(C)n1c(=O)n(-c2ccc(Br)cn2)c(=O)c2ccccc21. The maximum Gasteiger partial charge on any atom is 0.337 e. The van der Waals surface area contributed by atoms with Crippen molar-refractivity contribution in [2.24, 2.45) is 0 Å². The molecule has 0 unspecified atom stereocenters. The molecule has 2 heterocycles. The molecule has 1 aromatic carbocycles. The molecule has 5 nitrogen and oxygen atoms in total. The van der Waals surface area contributed by atoms with Crippen LogP contribution < -0.4 is 11.2 Å². The lowest BCUT2D eigenvalue weighted by Crippen LogP contribution is -2.40. The third-order valence-corrected chi connectivity index (χ3v) is 3.92. The van der Waals surface area contributed by atoms with Crippen LogP contribution in [0.4, 0.5) is 0 Å². The lowest BCUT2D eigenvalue weighted by Gasteiger charge is -2.16. The minimum Gasteiger partial charge on any atom is -0.290 e. The van der Waals surface area contributed by atoms with E-state index in [2.05, 4.69) is 20.9 Å². The van der Waals surface area contributed by atoms with Crippen LogP contribution in [0.1, 0.15) is 19.9 Å². The Labute approximate surface area is 135 Å². The highest BCUT2D eigenvalue weighted by molar-refractivity contribution is 9.10. The average molecular weight is 360 g/mol. The topological polar surface area (TPSA) is 56.9 Å². The number of rotatable bonds is 2. The number of pyridine rings is 1. The van der Waals surface area contributed by atoms with E-state index in [4.69, 9.17) is 0 Å². The average Bonchev–Trinajstić information content (AvgIpc) is 2.49. The maximum atomic E-state index is 12.8. The van der Waals surface area contributed by atoms with Gasteiger partial charge in [0, 0.05) is 16.7 Å². The molecule has 6 heteroatoms. The Kier molecular flexibility index (Phi) is 3.70. The van der Waals surface area contributed by atoms with E-state index < -0.39 is 0 Å². The monoisotopic (exact) mass is 359 g/mol. The predicted octanol–water partition coefficient (Wildman–Crippen LogP) is 2.89. The van der Waals surface area contributed by atoms with Gasteiger partial charge in [0.2, 0.25) is 0 Å². The molecular formula is C16H14BrN3O2. The van der Waals surface area contributed by atoms with Crippen molar-refractivity contribution < 1.29 is 0 Å². The molecule has 3 rings (SSSR count). The van der Waals surface area contributed by atoms with Crippen molar-refractivity contribution in [2.75, 3.05) is 0 Å². The molecular weight excluding hydrogens is 346 g/mol. The smallest absolute Gasteiger partial charge is 0.290 e. The Morgan fingerprint density at radius 1 is 1.09 bits per heavy atom. The van der Waals surface area contributed by atoms with Crippen LogP contribution in [0.3, 0.4) is 0 Å². The zero-order valence-corrected chi connectivity index (χ0v) is 13.7. The molecule has 0 aliphatic carbocycles. The lowest BCUT2D eigenvalue weighted by atomic mass is 10.2. The summed E-state index contributed by atoms with van der Waals surface area (Å²) in [6.45, 7) is 3.83. The van der Waals surface area contributed by atoms with Crippen LogP contribution in [0.5, 0.6) is 0 Å². The first-order valence-corrected chi connectivity index (χ1v) is 7.68. The van der Waals surface area contributed by atoms with Gasteiger partial charge in [-0.05, 0) is 54.0 Å². The third kappa shape index (κ3) is 2.29. The Balaban J connectivity index is 2.48. The molecule has 0 aliphatic rings. The molecule has 0 fully saturated rings. The molecule has 0 saturated heterocycles. The second-order valence-electron chi connectivity index (χ2n) is 5.24. The molecule has 0 radical (unpaired) electrons. The van der Waals surface area contributed by atoms with Crippen molar-refractivity contribution in [3.8, 4) is 5.82 Å². The Morgan fingerprint density at radius 2 is 1.82 bits per heavy atom. The fourth-order valence-corrected chi connectivity index (χ4v) is 2.72. The molecule has 0 spiro atoms. The summed E-state index contributed by atoms with van der Waals surface area (Å²) in [7, 11) is 0. The Hall–Kier alpha value is -2.21. The largest absolute Gasteiger partial charge is 0.337 e. The number of nitrogens with zero attached hydrogens (tertiary/aromatic N) is 3. The van der Waals surface area contributed by atoms with Gasteiger partial charge >= 0.3 is 5.69 Å². The van der Waals surface area contributed by atoms with Crippen LogP contribution in [0.2, 0.25) is 0 Å². The molecule has 0 bridgehead atoms. The first kappa shape index (κ1) is 14.7. The van der Waals surface area contributed by atoms with Gasteiger partial charge in [-0.2, -0.15) is 0 Å². The van der Waals surface area contributed by atoms with Crippen molar-refractivity contribution in [1.82, 2.24) is 14.1 Å². The molecule has 112 valence electrons. The highest BCUT2D eigenvalue weighted by atomic mass is 79.9. The number of para-hydroxylation sites is 1. The van der Waals surface area contributed by atoms with Crippen LogP contribution in [-0.2, 0) is 0 Å². The number of benzene rings is 1. The fraction of sp³-hybridized carbons (Fsp3) is 0.188. The molecule has 0 atom stereocenters. The summed E-state index contributed by atoms with van der Waals surface area (Å²) in [6, 6.07) is 10.5. The standard InChI is InChI=1S/C16H14BrN3O2/c1-10(2)19-13-6-4-3-5-12(13)15(21)20(16(19)22)14-8-7-11(17)9-18-14/h3-10H,1-2H3. The van der Waals surface area contributed by atoms with Crippen molar-refractivity contribution in [2.45, 2.75) is 19.9 Å². The van der Waals surface area contributed by atoms with Crippen LogP contribution in [0.25, 0.3) is 16.7 Å². The first-order valence-electron chi connectivity index (χ1n) is 6.89. The van der Waals surface area contributed by atoms with Crippen LogP contribution in [-0.4, -0.2) is 14.1 Å². The van der Waals surface area contributed by atoms with Gasteiger partial charge in [0.05, 0.1) is 10.9 Å². The molecule has 0 aliphatic heterocycles. The zero-order chi connectivity index (χ0) is 15.9. The minimum atomic E-state index is -0.381. The van der Waals surface area contributed by atoms with Crippen LogP contribution in [0.15, 0.2) is 56.7 Å². The summed E-state index contributed by atoms with van der Waals surface area (Å²) in [6.07, 6.45) is 1.57. The summed E-state index contributed by atoms with van der Waals surface area (Å²) >= 11 is 3.30. The summed E-state index contributed by atoms with van der Waals surface area (Å²) in [5, 5.41) is 0.500. The van der Waals surface area contributed by atoms with E-state index in [-0.39, 0.29) is 17.3 Å². The number of halogens is 1. The number of aromatic nitrogens is 3. The van der Waals surface area contributed by atoms with E-state index in [1.54, 1.807) is 41.1 Å². The van der Waals surface area contributed by atoms with Gasteiger partial charge in [0.25, 0.3) is 5.56 Å². The maximum absolute atomic E-state index is 12.8. The molecule has 0 amide bonds. The number of hydrogen-bond acceptors (Lipinski definition) is 3. The summed E-state index contributed by atoms with van der Waals surface area (Å²) in [5.41, 5.74) is -0.0956. The van der Waals surface area contributed by atoms with Gasteiger partial charge in [-0.15, -0.1) is 0 Å². The van der Waals surface area contributed by atoms with Crippen LogP contribution >= 0.6 is 15.9 Å². The van der Waals surface area contributed by atoms with E-state index in [1.165, 1.54) is 0 Å². The molecule has 22 heavy (non-hydrogen) atoms. The van der Waals surface area contributed by atoms with E-state index in [9.17, 15) is 9.59 Å². The van der Waals surface area contributed by atoms with Gasteiger partial charge in [0.15, 0.2) is 0 Å². The third-order valence-electron chi connectivity index (χ3n) is 3.45.